The van der Waals surface area contributed by atoms with Gasteiger partial charge in [0.25, 0.3) is 0 Å². The molecular formula is C34H23N. The largest absolute Gasteiger partial charge is 0.308 e. The van der Waals surface area contributed by atoms with Crippen LogP contribution in [0.25, 0.3) is 61.2 Å². The molecule has 2 aliphatic rings. The molecule has 0 fully saturated rings. The molecule has 1 nitrogen and oxygen atoms in total. The average molecular weight is 446 g/mol. The first-order chi connectivity index (χ1) is 17.3. The van der Waals surface area contributed by atoms with Crippen molar-refractivity contribution in [2.45, 2.75) is 6.92 Å². The van der Waals surface area contributed by atoms with Gasteiger partial charge in [-0.05, 0) is 69.5 Å². The Labute approximate surface area is 204 Å². The third-order valence-electron chi connectivity index (χ3n) is 7.95. The molecular weight excluding hydrogens is 422 g/mol. The van der Waals surface area contributed by atoms with E-state index in [1.165, 1.54) is 71.5 Å². The highest BCUT2D eigenvalue weighted by Gasteiger charge is 2.25. The fourth-order valence-corrected chi connectivity index (χ4v) is 6.12. The zero-order valence-corrected chi connectivity index (χ0v) is 19.5. The van der Waals surface area contributed by atoms with Gasteiger partial charge < -0.3 is 4.40 Å². The zero-order valence-electron chi connectivity index (χ0n) is 19.5. The predicted octanol–water partition coefficient (Wildman–Crippen LogP) is 9.05. The topological polar surface area (TPSA) is 4.41 Å². The molecule has 2 aromatic heterocycles. The summed E-state index contributed by atoms with van der Waals surface area (Å²) in [6.45, 7) is 2.32. The maximum Gasteiger partial charge on any atom is 0.0620 e. The Morgan fingerprint density at radius 2 is 1.31 bits per heavy atom. The third kappa shape index (κ3) is 2.58. The highest BCUT2D eigenvalue weighted by atomic mass is 14.9. The van der Waals surface area contributed by atoms with Gasteiger partial charge in [0.05, 0.1) is 16.7 Å². The fraction of sp³-hybridized carbons (Fsp3) is 0.0588. The van der Waals surface area contributed by atoms with Gasteiger partial charge in [-0.3, -0.25) is 0 Å². The molecule has 1 heteroatoms. The Kier molecular flexibility index (Phi) is 3.71. The van der Waals surface area contributed by atoms with Crippen LogP contribution in [-0.4, -0.2) is 4.40 Å². The van der Waals surface area contributed by atoms with Crippen LogP contribution in [0.1, 0.15) is 18.2 Å². The normalized spacial score (nSPS) is 17.1. The van der Waals surface area contributed by atoms with Gasteiger partial charge in [-0.1, -0.05) is 85.8 Å². The maximum absolute atomic E-state index is 2.52. The molecule has 2 aliphatic carbocycles. The summed E-state index contributed by atoms with van der Waals surface area (Å²) < 4.78 is 2.52. The van der Waals surface area contributed by atoms with Crippen molar-refractivity contribution in [1.82, 2.24) is 4.40 Å². The SMILES string of the molecule is C[C@@H]1C2=Cc3c(n4c5cc6ccccc6cc5c5cc(-c6ccccc6)cc3c54)C=C1C=CC=C2. The van der Waals surface area contributed by atoms with Crippen LogP contribution in [0.3, 0.4) is 0 Å². The second kappa shape index (κ2) is 6.84. The van der Waals surface area contributed by atoms with Crippen LogP contribution in [0, 0.1) is 5.92 Å². The van der Waals surface area contributed by atoms with Crippen molar-refractivity contribution in [3.63, 3.8) is 0 Å². The number of nitrogens with zero attached hydrogens (tertiary/aromatic N) is 1. The van der Waals surface area contributed by atoms with Crippen molar-refractivity contribution >= 4 is 50.1 Å². The quantitative estimate of drug-likeness (QED) is 0.238. The lowest BCUT2D eigenvalue weighted by Crippen LogP contribution is -1.97. The van der Waals surface area contributed by atoms with Crippen LogP contribution in [-0.2, 0) is 0 Å². The maximum atomic E-state index is 2.52. The summed E-state index contributed by atoms with van der Waals surface area (Å²) in [4.78, 5) is 0. The number of fused-ring (bicyclic) bond motifs is 9. The second-order valence-electron chi connectivity index (χ2n) is 9.87. The summed E-state index contributed by atoms with van der Waals surface area (Å²) in [5.41, 5.74) is 10.5. The van der Waals surface area contributed by atoms with Gasteiger partial charge >= 0.3 is 0 Å². The monoisotopic (exact) mass is 445 g/mol. The molecule has 0 unspecified atom stereocenters. The molecule has 0 aliphatic heterocycles. The summed E-state index contributed by atoms with van der Waals surface area (Å²) in [5.74, 6) is 0.370. The van der Waals surface area contributed by atoms with Crippen molar-refractivity contribution in [3.05, 3.63) is 126 Å². The first-order valence-electron chi connectivity index (χ1n) is 12.4. The minimum Gasteiger partial charge on any atom is -0.308 e. The molecule has 0 amide bonds. The number of hydrogen-bond acceptors (Lipinski definition) is 0. The summed E-state index contributed by atoms with van der Waals surface area (Å²) in [6, 6.07) is 29.0. The Bertz CT molecular complexity index is 1940. The van der Waals surface area contributed by atoms with Crippen molar-refractivity contribution in [3.8, 4) is 11.1 Å². The summed E-state index contributed by atoms with van der Waals surface area (Å²) >= 11 is 0. The fourth-order valence-electron chi connectivity index (χ4n) is 6.12. The lowest BCUT2D eigenvalue weighted by atomic mass is 9.93. The molecule has 164 valence electrons. The van der Waals surface area contributed by atoms with Crippen LogP contribution in [0.2, 0.25) is 0 Å². The molecule has 35 heavy (non-hydrogen) atoms. The van der Waals surface area contributed by atoms with Crippen molar-refractivity contribution in [2.75, 3.05) is 0 Å². The summed E-state index contributed by atoms with van der Waals surface area (Å²) in [5, 5.41) is 6.55. The highest BCUT2D eigenvalue weighted by Crippen LogP contribution is 2.45. The highest BCUT2D eigenvalue weighted by molar-refractivity contribution is 6.21. The summed E-state index contributed by atoms with van der Waals surface area (Å²) in [7, 11) is 0. The van der Waals surface area contributed by atoms with E-state index in [0.29, 0.717) is 5.92 Å². The number of hydrogen-bond donors (Lipinski definition) is 0. The van der Waals surface area contributed by atoms with E-state index in [-0.39, 0.29) is 0 Å². The van der Waals surface area contributed by atoms with E-state index < -0.39 is 0 Å². The van der Waals surface area contributed by atoms with E-state index in [4.69, 9.17) is 0 Å². The average Bonchev–Trinajstić information content (AvgIpc) is 3.26. The van der Waals surface area contributed by atoms with Gasteiger partial charge in [0, 0.05) is 27.6 Å². The van der Waals surface area contributed by atoms with Crippen LogP contribution >= 0.6 is 0 Å². The molecule has 0 radical (unpaired) electrons. The molecule has 8 rings (SSSR count). The standard InChI is InChI=1S/C34H23N/c1-21-23-11-5-6-12-24(21)19-32-28(15-23)30-17-27(22-9-3-2-4-10-22)18-31-29-16-25-13-7-8-14-26(25)20-33(29)35(32)34(30)31/h2-21H,1H3/t21-/m1/s1. The molecule has 2 heterocycles. The molecule has 2 bridgehead atoms. The van der Waals surface area contributed by atoms with Crippen LogP contribution in [0.4, 0.5) is 0 Å². The molecule has 6 aromatic rings. The molecule has 1 atom stereocenters. The predicted molar refractivity (Wildman–Crippen MR) is 150 cm³/mol. The second-order valence-corrected chi connectivity index (χ2v) is 9.87. The van der Waals surface area contributed by atoms with Gasteiger partial charge in [0.15, 0.2) is 0 Å². The third-order valence-corrected chi connectivity index (χ3v) is 7.95. The van der Waals surface area contributed by atoms with Gasteiger partial charge in [0.2, 0.25) is 0 Å². The Morgan fingerprint density at radius 3 is 2.11 bits per heavy atom. The smallest absolute Gasteiger partial charge is 0.0620 e. The molecule has 0 spiro atoms. The van der Waals surface area contributed by atoms with E-state index in [9.17, 15) is 0 Å². The van der Waals surface area contributed by atoms with Crippen molar-refractivity contribution < 1.29 is 0 Å². The molecule has 0 saturated carbocycles. The Morgan fingerprint density at radius 1 is 0.629 bits per heavy atom. The van der Waals surface area contributed by atoms with Crippen LogP contribution in [0.15, 0.2) is 114 Å². The Balaban J connectivity index is 1.61. The van der Waals surface area contributed by atoms with Crippen molar-refractivity contribution in [2.24, 2.45) is 5.92 Å². The number of rotatable bonds is 1. The first kappa shape index (κ1) is 19.0. The van der Waals surface area contributed by atoms with Crippen molar-refractivity contribution in [1.29, 1.82) is 0 Å². The van der Waals surface area contributed by atoms with E-state index in [2.05, 4.69) is 127 Å². The molecule has 0 N–H and O–H groups in total. The molecule has 4 aromatic carbocycles. The minimum absolute atomic E-state index is 0.370. The minimum atomic E-state index is 0.370. The van der Waals surface area contributed by atoms with Gasteiger partial charge in [0.1, 0.15) is 0 Å². The zero-order chi connectivity index (χ0) is 23.1. The van der Waals surface area contributed by atoms with Gasteiger partial charge in [-0.25, -0.2) is 0 Å². The van der Waals surface area contributed by atoms with Crippen LogP contribution in [0.5, 0.6) is 0 Å². The molecule has 0 saturated heterocycles. The van der Waals surface area contributed by atoms with Crippen LogP contribution < -0.4 is 0 Å². The first-order valence-corrected chi connectivity index (χ1v) is 12.4. The Hall–Kier alpha value is -4.36. The lowest BCUT2D eigenvalue weighted by molar-refractivity contribution is 0.866. The number of allylic oxidation sites excluding steroid dienone is 6. The van der Waals surface area contributed by atoms with E-state index in [1.807, 2.05) is 0 Å². The lowest BCUT2D eigenvalue weighted by Gasteiger charge is -2.11. The number of benzene rings is 4. The van der Waals surface area contributed by atoms with E-state index >= 15 is 0 Å². The summed E-state index contributed by atoms with van der Waals surface area (Å²) in [6.07, 6.45) is 13.7. The van der Waals surface area contributed by atoms with E-state index in [0.717, 1.165) is 0 Å². The number of aromatic nitrogens is 1. The van der Waals surface area contributed by atoms with E-state index in [1.54, 1.807) is 0 Å². The van der Waals surface area contributed by atoms with Gasteiger partial charge in [-0.15, -0.1) is 0 Å². The van der Waals surface area contributed by atoms with Gasteiger partial charge in [-0.2, -0.15) is 0 Å².